The van der Waals surface area contributed by atoms with Crippen molar-refractivity contribution in [3.8, 4) is 11.5 Å². The predicted molar refractivity (Wildman–Crippen MR) is 116 cm³/mol. The summed E-state index contributed by atoms with van der Waals surface area (Å²) < 4.78 is 10.6. The summed E-state index contributed by atoms with van der Waals surface area (Å²) >= 11 is 10.8. The van der Waals surface area contributed by atoms with E-state index in [4.69, 9.17) is 33.3 Å². The summed E-state index contributed by atoms with van der Waals surface area (Å²) in [5, 5.41) is 2.94. The summed E-state index contributed by atoms with van der Waals surface area (Å²) in [6.07, 6.45) is 2.90. The standard InChI is InChI=1S/C20H20ClN3O4S/c1-13-11-15(21)8-9-16(13)28-12-19(26)23-24-20(29)22-18(25)10-7-14-5-3-4-6-17(14)27-2/h3-11H,12H2,1-2H3,(H,23,26)(H2,22,24,25,29)/b10-7+. The van der Waals surface area contributed by atoms with Gasteiger partial charge in [-0.2, -0.15) is 0 Å². The van der Waals surface area contributed by atoms with Crippen LogP contribution >= 0.6 is 23.8 Å². The first-order chi connectivity index (χ1) is 13.9. The molecular weight excluding hydrogens is 414 g/mol. The fourth-order valence-corrected chi connectivity index (χ4v) is 2.61. The lowest BCUT2D eigenvalue weighted by molar-refractivity contribution is -0.123. The molecule has 0 aliphatic carbocycles. The average molecular weight is 434 g/mol. The topological polar surface area (TPSA) is 88.7 Å². The minimum absolute atomic E-state index is 0.0595. The molecule has 0 bridgehead atoms. The number of hydrogen-bond acceptors (Lipinski definition) is 5. The van der Waals surface area contributed by atoms with Crippen LogP contribution in [-0.2, 0) is 9.59 Å². The number of rotatable bonds is 6. The lowest BCUT2D eigenvalue weighted by Gasteiger charge is -2.11. The summed E-state index contributed by atoms with van der Waals surface area (Å²) in [7, 11) is 1.55. The number of halogens is 1. The molecule has 152 valence electrons. The molecular formula is C20H20ClN3O4S. The van der Waals surface area contributed by atoms with Crippen LogP contribution in [0.4, 0.5) is 0 Å². The zero-order chi connectivity index (χ0) is 21.2. The molecule has 9 heteroatoms. The predicted octanol–water partition coefficient (Wildman–Crippen LogP) is 2.77. The van der Waals surface area contributed by atoms with E-state index in [0.717, 1.165) is 11.1 Å². The number of hydrogen-bond donors (Lipinski definition) is 3. The summed E-state index contributed by atoms with van der Waals surface area (Å²) in [4.78, 5) is 23.8. The first-order valence-electron chi connectivity index (χ1n) is 8.49. The van der Waals surface area contributed by atoms with Gasteiger partial charge >= 0.3 is 0 Å². The van der Waals surface area contributed by atoms with E-state index in [0.29, 0.717) is 16.5 Å². The van der Waals surface area contributed by atoms with Gasteiger partial charge in [0.05, 0.1) is 7.11 Å². The van der Waals surface area contributed by atoms with Crippen molar-refractivity contribution in [2.45, 2.75) is 6.92 Å². The van der Waals surface area contributed by atoms with Crippen molar-refractivity contribution in [1.82, 2.24) is 16.2 Å². The van der Waals surface area contributed by atoms with Crippen molar-refractivity contribution in [1.29, 1.82) is 0 Å². The van der Waals surface area contributed by atoms with Gasteiger partial charge < -0.3 is 9.47 Å². The van der Waals surface area contributed by atoms with Crippen LogP contribution in [0, 0.1) is 6.92 Å². The Bertz CT molecular complexity index is 934. The van der Waals surface area contributed by atoms with Crippen molar-refractivity contribution in [3.05, 3.63) is 64.7 Å². The van der Waals surface area contributed by atoms with Gasteiger partial charge in [0.1, 0.15) is 11.5 Å². The molecule has 2 rings (SSSR count). The zero-order valence-electron chi connectivity index (χ0n) is 15.8. The zero-order valence-corrected chi connectivity index (χ0v) is 17.4. The molecule has 3 N–H and O–H groups in total. The number of amides is 2. The average Bonchev–Trinajstić information content (AvgIpc) is 2.70. The second kappa shape index (κ2) is 11.0. The monoisotopic (exact) mass is 433 g/mol. The molecule has 0 heterocycles. The van der Waals surface area contributed by atoms with Crippen LogP contribution in [0.1, 0.15) is 11.1 Å². The van der Waals surface area contributed by atoms with Crippen LogP contribution in [0.2, 0.25) is 5.02 Å². The van der Waals surface area contributed by atoms with Gasteiger partial charge in [-0.05, 0) is 55.0 Å². The number of carbonyl (C=O) groups is 2. The largest absolute Gasteiger partial charge is 0.496 e. The molecule has 0 saturated heterocycles. The Morgan fingerprint density at radius 2 is 1.90 bits per heavy atom. The lowest BCUT2D eigenvalue weighted by Crippen LogP contribution is -2.49. The van der Waals surface area contributed by atoms with E-state index in [1.165, 1.54) is 6.08 Å². The normalized spacial score (nSPS) is 10.3. The third kappa shape index (κ3) is 7.44. The molecule has 0 saturated carbocycles. The van der Waals surface area contributed by atoms with Crippen molar-refractivity contribution >= 4 is 46.8 Å². The SMILES string of the molecule is COc1ccccc1/C=C/C(=O)NC(=S)NNC(=O)COc1ccc(Cl)cc1C. The van der Waals surface area contributed by atoms with Gasteiger partial charge in [-0.1, -0.05) is 29.8 Å². The van der Waals surface area contributed by atoms with Gasteiger partial charge in [-0.3, -0.25) is 25.8 Å². The van der Waals surface area contributed by atoms with Crippen molar-refractivity contribution in [2.24, 2.45) is 0 Å². The molecule has 0 aromatic heterocycles. The second-order valence-electron chi connectivity index (χ2n) is 5.77. The van der Waals surface area contributed by atoms with Crippen molar-refractivity contribution < 1.29 is 19.1 Å². The van der Waals surface area contributed by atoms with Crippen LogP contribution in [-0.4, -0.2) is 30.6 Å². The minimum atomic E-state index is -0.472. The molecule has 0 unspecified atom stereocenters. The molecule has 0 fully saturated rings. The van der Waals surface area contributed by atoms with Crippen LogP contribution in [0.3, 0.4) is 0 Å². The maximum absolute atomic E-state index is 11.9. The molecule has 2 aromatic carbocycles. The third-order valence-corrected chi connectivity index (χ3v) is 4.04. The van der Waals surface area contributed by atoms with Gasteiger partial charge in [0.15, 0.2) is 11.7 Å². The van der Waals surface area contributed by atoms with Crippen LogP contribution in [0.25, 0.3) is 6.08 Å². The summed E-state index contributed by atoms with van der Waals surface area (Å²) in [5.74, 6) is 0.249. The van der Waals surface area contributed by atoms with E-state index in [-0.39, 0.29) is 11.7 Å². The number of methoxy groups -OCH3 is 1. The molecule has 7 nitrogen and oxygen atoms in total. The number of para-hydroxylation sites is 1. The Kier molecular flexibility index (Phi) is 8.45. The molecule has 0 aliphatic heterocycles. The van der Waals surface area contributed by atoms with Gasteiger partial charge in [0.2, 0.25) is 5.91 Å². The lowest BCUT2D eigenvalue weighted by atomic mass is 10.2. The van der Waals surface area contributed by atoms with E-state index in [1.807, 2.05) is 25.1 Å². The molecule has 29 heavy (non-hydrogen) atoms. The maximum atomic E-state index is 11.9. The highest BCUT2D eigenvalue weighted by Crippen LogP contribution is 2.21. The van der Waals surface area contributed by atoms with E-state index in [2.05, 4.69) is 16.2 Å². The summed E-state index contributed by atoms with van der Waals surface area (Å²) in [6.45, 7) is 1.58. The van der Waals surface area contributed by atoms with Gasteiger partial charge in [-0.25, -0.2) is 0 Å². The smallest absolute Gasteiger partial charge is 0.276 e. The molecule has 0 atom stereocenters. The Morgan fingerprint density at radius 1 is 1.14 bits per heavy atom. The fourth-order valence-electron chi connectivity index (χ4n) is 2.24. The fraction of sp³-hybridized carbons (Fsp3) is 0.150. The number of aryl methyl sites for hydroxylation is 1. The summed E-state index contributed by atoms with van der Waals surface area (Å²) in [6, 6.07) is 12.3. The highest BCUT2D eigenvalue weighted by Gasteiger charge is 2.07. The van der Waals surface area contributed by atoms with E-state index in [9.17, 15) is 9.59 Å². The number of nitrogens with one attached hydrogen (secondary N) is 3. The third-order valence-electron chi connectivity index (χ3n) is 3.60. The van der Waals surface area contributed by atoms with Crippen LogP contribution in [0.15, 0.2) is 48.5 Å². The van der Waals surface area contributed by atoms with Crippen molar-refractivity contribution in [2.75, 3.05) is 13.7 Å². The minimum Gasteiger partial charge on any atom is -0.496 e. The highest BCUT2D eigenvalue weighted by atomic mass is 35.5. The summed E-state index contributed by atoms with van der Waals surface area (Å²) in [5.41, 5.74) is 6.33. The molecule has 0 spiro atoms. The Hall–Kier alpha value is -3.10. The van der Waals surface area contributed by atoms with E-state index < -0.39 is 11.8 Å². The molecule has 0 radical (unpaired) electrons. The first kappa shape index (κ1) is 22.2. The number of ether oxygens (including phenoxy) is 2. The Labute approximate surface area is 179 Å². The molecule has 2 aromatic rings. The van der Waals surface area contributed by atoms with Crippen molar-refractivity contribution in [3.63, 3.8) is 0 Å². The van der Waals surface area contributed by atoms with Gasteiger partial charge in [0.25, 0.3) is 5.91 Å². The number of benzene rings is 2. The van der Waals surface area contributed by atoms with E-state index >= 15 is 0 Å². The van der Waals surface area contributed by atoms with Gasteiger partial charge in [-0.15, -0.1) is 0 Å². The maximum Gasteiger partial charge on any atom is 0.276 e. The van der Waals surface area contributed by atoms with Crippen LogP contribution in [0.5, 0.6) is 11.5 Å². The Balaban J connectivity index is 1.75. The number of carbonyl (C=O) groups excluding carboxylic acids is 2. The quantitative estimate of drug-likeness (QED) is 0.369. The number of thiocarbonyl (C=S) groups is 1. The van der Waals surface area contributed by atoms with Gasteiger partial charge in [0, 0.05) is 16.7 Å². The second-order valence-corrected chi connectivity index (χ2v) is 6.61. The Morgan fingerprint density at radius 3 is 2.62 bits per heavy atom. The molecule has 2 amide bonds. The van der Waals surface area contributed by atoms with Crippen LogP contribution < -0.4 is 25.6 Å². The first-order valence-corrected chi connectivity index (χ1v) is 9.27. The highest BCUT2D eigenvalue weighted by molar-refractivity contribution is 7.80. The van der Waals surface area contributed by atoms with E-state index in [1.54, 1.807) is 37.5 Å². The molecule has 0 aliphatic rings. The number of hydrazine groups is 1.